The van der Waals surface area contributed by atoms with Crippen molar-refractivity contribution in [1.29, 1.82) is 0 Å². The maximum Gasteiger partial charge on any atom is 0.313 e. The largest absolute Gasteiger partial charge is 0.465 e. The molecule has 1 aromatic carbocycles. The molecule has 0 bridgehead atoms. The first kappa shape index (κ1) is 25.7. The van der Waals surface area contributed by atoms with Gasteiger partial charge in [-0.25, -0.2) is 0 Å². The van der Waals surface area contributed by atoms with Crippen molar-refractivity contribution in [3.8, 4) is 0 Å². The Morgan fingerprint density at radius 3 is 2.03 bits per heavy atom. The lowest BCUT2D eigenvalue weighted by molar-refractivity contribution is -0.146. The molecule has 0 saturated carbocycles. The first-order valence-electron chi connectivity index (χ1n) is 12.2. The summed E-state index contributed by atoms with van der Waals surface area (Å²) in [7, 11) is 0. The highest BCUT2D eigenvalue weighted by Gasteiger charge is 2.20. The topological polar surface area (TPSA) is 26.3 Å². The van der Waals surface area contributed by atoms with Crippen LogP contribution in [0.2, 0.25) is 0 Å². The van der Waals surface area contributed by atoms with Crippen LogP contribution in [0.5, 0.6) is 0 Å². The van der Waals surface area contributed by atoms with Crippen molar-refractivity contribution in [2.45, 2.75) is 118 Å². The van der Waals surface area contributed by atoms with E-state index in [2.05, 4.69) is 39.8 Å². The van der Waals surface area contributed by atoms with Crippen LogP contribution in [0.3, 0.4) is 0 Å². The van der Waals surface area contributed by atoms with Crippen molar-refractivity contribution in [1.82, 2.24) is 0 Å². The Morgan fingerprint density at radius 2 is 1.41 bits per heavy atom. The molecule has 2 heteroatoms. The molecule has 0 saturated heterocycles. The quantitative estimate of drug-likeness (QED) is 0.205. The molecule has 0 heterocycles. The van der Waals surface area contributed by atoms with Crippen molar-refractivity contribution in [2.24, 2.45) is 5.92 Å². The standard InChI is InChI=1S/C27H46O2/c1-6-8-10-12-13-15-19-25(18-14-11-9-7-2)21-29-27(28)24(5)26-20-16-17-22(3)23(26)4/h16-17,20,24-25H,6-15,18-19,21H2,1-5H3. The Morgan fingerprint density at radius 1 is 0.862 bits per heavy atom. The highest BCUT2D eigenvalue weighted by Crippen LogP contribution is 2.25. The molecule has 2 nitrogen and oxygen atoms in total. The van der Waals surface area contributed by atoms with Crippen LogP contribution in [-0.4, -0.2) is 12.6 Å². The number of rotatable bonds is 16. The molecule has 1 aromatic rings. The van der Waals surface area contributed by atoms with E-state index in [1.165, 1.54) is 88.2 Å². The van der Waals surface area contributed by atoms with Gasteiger partial charge in [0.15, 0.2) is 0 Å². The Kier molecular flexibility index (Phi) is 13.8. The summed E-state index contributed by atoms with van der Waals surface area (Å²) >= 11 is 0. The van der Waals surface area contributed by atoms with Crippen molar-refractivity contribution in [2.75, 3.05) is 6.61 Å². The Balaban J connectivity index is 2.50. The van der Waals surface area contributed by atoms with Crippen molar-refractivity contribution in [3.05, 3.63) is 34.9 Å². The van der Waals surface area contributed by atoms with E-state index in [1.54, 1.807) is 0 Å². The zero-order valence-corrected chi connectivity index (χ0v) is 19.9. The fourth-order valence-corrected chi connectivity index (χ4v) is 4.08. The van der Waals surface area contributed by atoms with Crippen LogP contribution in [0, 0.1) is 19.8 Å². The molecule has 0 aromatic heterocycles. The SMILES string of the molecule is CCCCCCCCC(CCCCCC)COC(=O)C(C)c1cccc(C)c1C. The Bertz CT molecular complexity index is 564. The summed E-state index contributed by atoms with van der Waals surface area (Å²) < 4.78 is 5.83. The van der Waals surface area contributed by atoms with Gasteiger partial charge in [0.2, 0.25) is 0 Å². The summed E-state index contributed by atoms with van der Waals surface area (Å²) in [5.74, 6) is 0.262. The van der Waals surface area contributed by atoms with E-state index < -0.39 is 0 Å². The van der Waals surface area contributed by atoms with Gasteiger partial charge in [0, 0.05) is 0 Å². The molecule has 2 unspecified atom stereocenters. The van der Waals surface area contributed by atoms with Crippen LogP contribution in [0.25, 0.3) is 0 Å². The van der Waals surface area contributed by atoms with Crippen LogP contribution in [0.4, 0.5) is 0 Å². The molecule has 0 aliphatic carbocycles. The average Bonchev–Trinajstić information content (AvgIpc) is 2.72. The number of carbonyl (C=O) groups is 1. The predicted molar refractivity (Wildman–Crippen MR) is 126 cm³/mol. The van der Waals surface area contributed by atoms with Gasteiger partial charge in [-0.1, -0.05) is 96.3 Å². The molecule has 2 atom stereocenters. The van der Waals surface area contributed by atoms with Gasteiger partial charge >= 0.3 is 5.97 Å². The molecule has 1 rings (SSSR count). The molecule has 0 aliphatic heterocycles. The molecule has 0 spiro atoms. The van der Waals surface area contributed by atoms with Crippen molar-refractivity contribution in [3.63, 3.8) is 0 Å². The summed E-state index contributed by atoms with van der Waals surface area (Å²) in [5, 5.41) is 0. The van der Waals surface area contributed by atoms with Gasteiger partial charge in [0.25, 0.3) is 0 Å². The number of benzene rings is 1. The first-order valence-corrected chi connectivity index (χ1v) is 12.2. The third-order valence-corrected chi connectivity index (χ3v) is 6.36. The van der Waals surface area contributed by atoms with E-state index in [-0.39, 0.29) is 11.9 Å². The lowest BCUT2D eigenvalue weighted by atomic mass is 9.93. The number of ether oxygens (including phenoxy) is 1. The van der Waals surface area contributed by atoms with E-state index in [1.807, 2.05) is 13.0 Å². The average molecular weight is 403 g/mol. The van der Waals surface area contributed by atoms with Gasteiger partial charge in [-0.3, -0.25) is 4.79 Å². The smallest absolute Gasteiger partial charge is 0.313 e. The molecule has 29 heavy (non-hydrogen) atoms. The van der Waals surface area contributed by atoms with Crippen molar-refractivity contribution >= 4 is 5.97 Å². The second-order valence-electron chi connectivity index (χ2n) is 8.91. The molecule has 0 N–H and O–H groups in total. The van der Waals surface area contributed by atoms with E-state index in [0.29, 0.717) is 12.5 Å². The highest BCUT2D eigenvalue weighted by atomic mass is 16.5. The van der Waals surface area contributed by atoms with Gasteiger partial charge < -0.3 is 4.74 Å². The third-order valence-electron chi connectivity index (χ3n) is 6.36. The Labute approximate surface area is 180 Å². The van der Waals surface area contributed by atoms with Crippen LogP contribution < -0.4 is 0 Å². The summed E-state index contributed by atoms with van der Waals surface area (Å²) in [6.45, 7) is 11.3. The lowest BCUT2D eigenvalue weighted by Gasteiger charge is -2.20. The number of carbonyl (C=O) groups excluding carboxylic acids is 1. The second-order valence-corrected chi connectivity index (χ2v) is 8.91. The molecular formula is C27H46O2. The fourth-order valence-electron chi connectivity index (χ4n) is 4.08. The number of unbranched alkanes of at least 4 members (excludes halogenated alkanes) is 8. The first-order chi connectivity index (χ1) is 14.0. The van der Waals surface area contributed by atoms with Crippen LogP contribution >= 0.6 is 0 Å². The number of aryl methyl sites for hydroxylation is 1. The van der Waals surface area contributed by atoms with E-state index in [9.17, 15) is 4.79 Å². The number of esters is 1. The lowest BCUT2D eigenvalue weighted by Crippen LogP contribution is -2.19. The third kappa shape index (κ3) is 10.3. The summed E-state index contributed by atoms with van der Waals surface area (Å²) in [6.07, 6.45) is 15.5. The van der Waals surface area contributed by atoms with E-state index in [4.69, 9.17) is 4.74 Å². The minimum Gasteiger partial charge on any atom is -0.465 e. The normalized spacial score (nSPS) is 13.3. The van der Waals surface area contributed by atoms with Gasteiger partial charge in [-0.05, 0) is 56.2 Å². The maximum atomic E-state index is 12.7. The van der Waals surface area contributed by atoms with Gasteiger partial charge in [0.1, 0.15) is 0 Å². The zero-order chi connectivity index (χ0) is 21.5. The van der Waals surface area contributed by atoms with Crippen LogP contribution in [-0.2, 0) is 9.53 Å². The minimum atomic E-state index is -0.190. The van der Waals surface area contributed by atoms with Gasteiger partial charge in [-0.2, -0.15) is 0 Å². The zero-order valence-electron chi connectivity index (χ0n) is 19.9. The summed E-state index contributed by atoms with van der Waals surface area (Å²) in [5.41, 5.74) is 3.55. The fraction of sp³-hybridized carbons (Fsp3) is 0.741. The van der Waals surface area contributed by atoms with Gasteiger partial charge in [0.05, 0.1) is 12.5 Å². The van der Waals surface area contributed by atoms with Crippen LogP contribution in [0.1, 0.15) is 120 Å². The highest BCUT2D eigenvalue weighted by molar-refractivity contribution is 5.78. The molecule has 0 fully saturated rings. The van der Waals surface area contributed by atoms with Crippen molar-refractivity contribution < 1.29 is 9.53 Å². The second kappa shape index (κ2) is 15.5. The van der Waals surface area contributed by atoms with E-state index in [0.717, 1.165) is 5.56 Å². The number of hydrogen-bond donors (Lipinski definition) is 0. The van der Waals surface area contributed by atoms with Gasteiger partial charge in [-0.15, -0.1) is 0 Å². The monoisotopic (exact) mass is 402 g/mol. The summed E-state index contributed by atoms with van der Waals surface area (Å²) in [6, 6.07) is 6.20. The Hall–Kier alpha value is -1.31. The molecule has 0 amide bonds. The number of hydrogen-bond acceptors (Lipinski definition) is 2. The maximum absolute atomic E-state index is 12.7. The molecule has 0 aliphatic rings. The predicted octanol–water partition coefficient (Wildman–Crippen LogP) is 8.29. The van der Waals surface area contributed by atoms with Crippen LogP contribution in [0.15, 0.2) is 18.2 Å². The molecular weight excluding hydrogens is 356 g/mol. The molecule has 0 radical (unpaired) electrons. The molecule has 166 valence electrons. The van der Waals surface area contributed by atoms with E-state index >= 15 is 0 Å². The summed E-state index contributed by atoms with van der Waals surface area (Å²) in [4.78, 5) is 12.7. The minimum absolute atomic E-state index is 0.0693.